The SMILES string of the molecule is CCN(CCc1ccncc1)C(=O)CC1CCCCC1. The molecule has 1 heterocycles. The fraction of sp³-hybridized carbons (Fsp3) is 0.647. The second-order valence-electron chi connectivity index (χ2n) is 5.79. The van der Waals surface area contributed by atoms with Crippen LogP contribution in [-0.2, 0) is 11.2 Å². The van der Waals surface area contributed by atoms with Gasteiger partial charge in [0.1, 0.15) is 0 Å². The Morgan fingerprint density at radius 2 is 1.95 bits per heavy atom. The molecule has 2 rings (SSSR count). The van der Waals surface area contributed by atoms with Crippen LogP contribution in [0.25, 0.3) is 0 Å². The summed E-state index contributed by atoms with van der Waals surface area (Å²) in [4.78, 5) is 18.4. The van der Waals surface area contributed by atoms with Crippen LogP contribution in [-0.4, -0.2) is 28.9 Å². The highest BCUT2D eigenvalue weighted by molar-refractivity contribution is 5.76. The molecule has 20 heavy (non-hydrogen) atoms. The Morgan fingerprint density at radius 3 is 2.60 bits per heavy atom. The molecular weight excluding hydrogens is 248 g/mol. The number of aromatic nitrogens is 1. The van der Waals surface area contributed by atoms with Gasteiger partial charge in [0, 0.05) is 31.9 Å². The Kier molecular flexibility index (Phi) is 6.03. The van der Waals surface area contributed by atoms with Crippen molar-refractivity contribution in [3.8, 4) is 0 Å². The van der Waals surface area contributed by atoms with Gasteiger partial charge in [-0.05, 0) is 49.8 Å². The summed E-state index contributed by atoms with van der Waals surface area (Å²) in [5.41, 5.74) is 1.25. The van der Waals surface area contributed by atoms with Crippen molar-refractivity contribution >= 4 is 5.91 Å². The third-order valence-corrected chi connectivity index (χ3v) is 4.34. The summed E-state index contributed by atoms with van der Waals surface area (Å²) in [6.45, 7) is 3.72. The number of amides is 1. The average Bonchev–Trinajstić information content (AvgIpc) is 2.50. The van der Waals surface area contributed by atoms with E-state index in [2.05, 4.69) is 11.9 Å². The summed E-state index contributed by atoms with van der Waals surface area (Å²) in [7, 11) is 0. The summed E-state index contributed by atoms with van der Waals surface area (Å²) in [5, 5.41) is 0. The molecule has 1 aromatic rings. The van der Waals surface area contributed by atoms with Gasteiger partial charge in [-0.1, -0.05) is 19.3 Å². The molecule has 0 bridgehead atoms. The quantitative estimate of drug-likeness (QED) is 0.796. The van der Waals surface area contributed by atoms with Gasteiger partial charge in [0.05, 0.1) is 0 Å². The molecule has 0 spiro atoms. The minimum Gasteiger partial charge on any atom is -0.343 e. The second-order valence-corrected chi connectivity index (χ2v) is 5.79. The molecule has 1 aliphatic rings. The van der Waals surface area contributed by atoms with Crippen LogP contribution in [0.2, 0.25) is 0 Å². The van der Waals surface area contributed by atoms with Gasteiger partial charge in [-0.25, -0.2) is 0 Å². The first kappa shape index (κ1) is 15.0. The number of pyridine rings is 1. The highest BCUT2D eigenvalue weighted by Gasteiger charge is 2.20. The summed E-state index contributed by atoms with van der Waals surface area (Å²) < 4.78 is 0. The van der Waals surface area contributed by atoms with Crippen LogP contribution in [0.15, 0.2) is 24.5 Å². The molecular formula is C17H26N2O. The predicted octanol–water partition coefficient (Wildman–Crippen LogP) is 3.44. The fourth-order valence-electron chi connectivity index (χ4n) is 3.04. The molecule has 3 heteroatoms. The molecule has 3 nitrogen and oxygen atoms in total. The van der Waals surface area contributed by atoms with Crippen LogP contribution in [0, 0.1) is 5.92 Å². The minimum absolute atomic E-state index is 0.341. The number of hydrogen-bond acceptors (Lipinski definition) is 2. The van der Waals surface area contributed by atoms with Crippen molar-refractivity contribution in [2.45, 2.75) is 51.9 Å². The van der Waals surface area contributed by atoms with Crippen LogP contribution >= 0.6 is 0 Å². The first-order valence-electron chi connectivity index (χ1n) is 7.96. The normalized spacial score (nSPS) is 16.1. The van der Waals surface area contributed by atoms with Crippen molar-refractivity contribution in [1.82, 2.24) is 9.88 Å². The van der Waals surface area contributed by atoms with Crippen LogP contribution in [0.5, 0.6) is 0 Å². The van der Waals surface area contributed by atoms with Gasteiger partial charge in [-0.3, -0.25) is 9.78 Å². The monoisotopic (exact) mass is 274 g/mol. The van der Waals surface area contributed by atoms with E-state index < -0.39 is 0 Å². The molecule has 0 aromatic carbocycles. The van der Waals surface area contributed by atoms with Crippen molar-refractivity contribution in [2.24, 2.45) is 5.92 Å². The smallest absolute Gasteiger partial charge is 0.222 e. The molecule has 110 valence electrons. The summed E-state index contributed by atoms with van der Waals surface area (Å²) in [6, 6.07) is 4.05. The highest BCUT2D eigenvalue weighted by atomic mass is 16.2. The van der Waals surface area contributed by atoms with E-state index in [0.29, 0.717) is 11.8 Å². The Morgan fingerprint density at radius 1 is 1.25 bits per heavy atom. The molecule has 1 aromatic heterocycles. The highest BCUT2D eigenvalue weighted by Crippen LogP contribution is 2.26. The van der Waals surface area contributed by atoms with Crippen LogP contribution < -0.4 is 0 Å². The zero-order valence-electron chi connectivity index (χ0n) is 12.6. The zero-order chi connectivity index (χ0) is 14.2. The zero-order valence-corrected chi connectivity index (χ0v) is 12.6. The maximum Gasteiger partial charge on any atom is 0.222 e. The third-order valence-electron chi connectivity index (χ3n) is 4.34. The van der Waals surface area contributed by atoms with Crippen LogP contribution in [0.3, 0.4) is 0 Å². The van der Waals surface area contributed by atoms with Crippen molar-refractivity contribution in [3.63, 3.8) is 0 Å². The molecule has 1 saturated carbocycles. The van der Waals surface area contributed by atoms with E-state index in [-0.39, 0.29) is 0 Å². The maximum absolute atomic E-state index is 12.4. The maximum atomic E-state index is 12.4. The number of carbonyl (C=O) groups excluding carboxylic acids is 1. The lowest BCUT2D eigenvalue weighted by Gasteiger charge is -2.26. The lowest BCUT2D eigenvalue weighted by atomic mass is 9.86. The molecule has 1 fully saturated rings. The summed E-state index contributed by atoms with van der Waals surface area (Å²) >= 11 is 0. The van der Waals surface area contributed by atoms with Crippen LogP contribution in [0.1, 0.15) is 51.0 Å². The van der Waals surface area contributed by atoms with Crippen molar-refractivity contribution in [1.29, 1.82) is 0 Å². The van der Waals surface area contributed by atoms with E-state index in [1.165, 1.54) is 37.7 Å². The number of carbonyl (C=O) groups is 1. The lowest BCUT2D eigenvalue weighted by molar-refractivity contribution is -0.132. The molecule has 1 amide bonds. The second kappa shape index (κ2) is 8.03. The van der Waals surface area contributed by atoms with Gasteiger partial charge in [0.15, 0.2) is 0 Å². The fourth-order valence-corrected chi connectivity index (χ4v) is 3.04. The van der Waals surface area contributed by atoms with E-state index in [4.69, 9.17) is 0 Å². The van der Waals surface area contributed by atoms with E-state index in [1.807, 2.05) is 29.4 Å². The van der Waals surface area contributed by atoms with Crippen molar-refractivity contribution in [3.05, 3.63) is 30.1 Å². The van der Waals surface area contributed by atoms with E-state index >= 15 is 0 Å². The Labute approximate surface area is 122 Å². The molecule has 0 N–H and O–H groups in total. The Bertz CT molecular complexity index is 399. The van der Waals surface area contributed by atoms with Gasteiger partial charge < -0.3 is 4.90 Å². The van der Waals surface area contributed by atoms with E-state index in [9.17, 15) is 4.79 Å². The standard InChI is InChI=1S/C17H26N2O/c1-2-19(13-10-15-8-11-18-12-9-15)17(20)14-16-6-4-3-5-7-16/h8-9,11-12,16H,2-7,10,13-14H2,1H3. The van der Waals surface area contributed by atoms with Gasteiger partial charge in [0.2, 0.25) is 5.91 Å². The van der Waals surface area contributed by atoms with Crippen molar-refractivity contribution < 1.29 is 4.79 Å². The lowest BCUT2D eigenvalue weighted by Crippen LogP contribution is -2.34. The molecule has 0 saturated heterocycles. The van der Waals surface area contributed by atoms with Gasteiger partial charge in [-0.2, -0.15) is 0 Å². The average molecular weight is 274 g/mol. The largest absolute Gasteiger partial charge is 0.343 e. The third kappa shape index (κ3) is 4.62. The van der Waals surface area contributed by atoms with Gasteiger partial charge in [-0.15, -0.1) is 0 Å². The van der Waals surface area contributed by atoms with Gasteiger partial charge in [0.25, 0.3) is 0 Å². The van der Waals surface area contributed by atoms with Crippen molar-refractivity contribution in [2.75, 3.05) is 13.1 Å². The topological polar surface area (TPSA) is 33.2 Å². The summed E-state index contributed by atoms with van der Waals surface area (Å²) in [6.07, 6.45) is 11.8. The number of rotatable bonds is 6. The first-order valence-corrected chi connectivity index (χ1v) is 7.96. The molecule has 0 unspecified atom stereocenters. The molecule has 0 radical (unpaired) electrons. The minimum atomic E-state index is 0.341. The number of hydrogen-bond donors (Lipinski definition) is 0. The molecule has 1 aliphatic carbocycles. The molecule has 0 atom stereocenters. The van der Waals surface area contributed by atoms with E-state index in [0.717, 1.165) is 25.9 Å². The Hall–Kier alpha value is -1.38. The summed E-state index contributed by atoms with van der Waals surface area (Å²) in [5.74, 6) is 0.972. The van der Waals surface area contributed by atoms with E-state index in [1.54, 1.807) is 0 Å². The number of nitrogens with zero attached hydrogens (tertiary/aromatic N) is 2. The number of likely N-dealkylation sites (N-methyl/N-ethyl adjacent to an activating group) is 1. The van der Waals surface area contributed by atoms with Crippen LogP contribution in [0.4, 0.5) is 0 Å². The molecule has 0 aliphatic heterocycles. The predicted molar refractivity (Wildman–Crippen MR) is 81.4 cm³/mol. The Balaban J connectivity index is 1.79. The first-order chi connectivity index (χ1) is 9.79. The van der Waals surface area contributed by atoms with Gasteiger partial charge >= 0.3 is 0 Å².